The van der Waals surface area contributed by atoms with Gasteiger partial charge in [-0.15, -0.1) is 0 Å². The van der Waals surface area contributed by atoms with Gasteiger partial charge in [-0.05, 0) is 88.1 Å². The fraction of sp³-hybridized carbons (Fsp3) is 0.520. The van der Waals surface area contributed by atoms with Crippen LogP contribution >= 0.6 is 0 Å². The normalized spacial score (nSPS) is 36.7. The third-order valence-corrected chi connectivity index (χ3v) is 8.60. The van der Waals surface area contributed by atoms with Crippen molar-refractivity contribution in [2.24, 2.45) is 11.8 Å². The SMILES string of the molecule is Cc1cc2oc3ccccc3c2cc1C12CC3CC(C1)C(C)(C)N(C3)C2C. The van der Waals surface area contributed by atoms with Crippen molar-refractivity contribution in [3.63, 3.8) is 0 Å². The minimum absolute atomic E-state index is 0.304. The topological polar surface area (TPSA) is 16.4 Å². The summed E-state index contributed by atoms with van der Waals surface area (Å²) >= 11 is 0. The van der Waals surface area contributed by atoms with Gasteiger partial charge < -0.3 is 4.42 Å². The van der Waals surface area contributed by atoms with Crippen molar-refractivity contribution in [1.29, 1.82) is 0 Å². The van der Waals surface area contributed by atoms with E-state index in [4.69, 9.17) is 4.42 Å². The van der Waals surface area contributed by atoms with Crippen LogP contribution in [0.5, 0.6) is 0 Å². The Bertz CT molecular complexity index is 1080. The fourth-order valence-electron chi connectivity index (χ4n) is 7.18. The van der Waals surface area contributed by atoms with Crippen molar-refractivity contribution in [2.75, 3.05) is 6.54 Å². The summed E-state index contributed by atoms with van der Waals surface area (Å²) in [5.74, 6) is 1.68. The molecule has 0 N–H and O–H groups in total. The molecule has 2 heteroatoms. The first-order valence-electron chi connectivity index (χ1n) is 10.6. The lowest BCUT2D eigenvalue weighted by atomic mass is 9.49. The molecule has 27 heavy (non-hydrogen) atoms. The van der Waals surface area contributed by atoms with Crippen LogP contribution in [0.25, 0.3) is 21.9 Å². The highest BCUT2D eigenvalue weighted by Crippen LogP contribution is 2.61. The number of hydrogen-bond acceptors (Lipinski definition) is 2. The molecule has 5 unspecified atom stereocenters. The van der Waals surface area contributed by atoms with Crippen molar-refractivity contribution >= 4 is 21.9 Å². The molecular weight excluding hydrogens is 330 g/mol. The Morgan fingerprint density at radius 3 is 2.70 bits per heavy atom. The summed E-state index contributed by atoms with van der Waals surface area (Å²) in [5.41, 5.74) is 5.69. The lowest BCUT2D eigenvalue weighted by Crippen LogP contribution is -2.73. The van der Waals surface area contributed by atoms with Crippen LogP contribution in [0.4, 0.5) is 0 Å². The minimum atomic E-state index is 0.304. The number of hydrogen-bond donors (Lipinski definition) is 0. The van der Waals surface area contributed by atoms with E-state index in [9.17, 15) is 0 Å². The van der Waals surface area contributed by atoms with E-state index in [0.717, 1.165) is 23.0 Å². The van der Waals surface area contributed by atoms with Crippen LogP contribution in [0.15, 0.2) is 40.8 Å². The van der Waals surface area contributed by atoms with E-state index in [1.165, 1.54) is 42.1 Å². The Hall–Kier alpha value is -1.80. The highest BCUT2D eigenvalue weighted by molar-refractivity contribution is 6.05. The van der Waals surface area contributed by atoms with Crippen molar-refractivity contribution in [3.05, 3.63) is 47.5 Å². The summed E-state index contributed by atoms with van der Waals surface area (Å²) in [5, 5.41) is 2.55. The number of rotatable bonds is 1. The number of nitrogens with zero attached hydrogens (tertiary/aromatic N) is 1. The standard InChI is InChI=1S/C25H29NO/c1-15-9-23-20(19-7-5-6-8-22(19)27-23)11-21(15)25-12-17-10-18(13-25)24(3,4)26(14-17)16(25)2/h5-9,11,16-18H,10,12-14H2,1-4H3. The first-order chi connectivity index (χ1) is 12.9. The molecule has 5 atom stereocenters. The van der Waals surface area contributed by atoms with Crippen molar-refractivity contribution < 1.29 is 4.42 Å². The summed E-state index contributed by atoms with van der Waals surface area (Å²) < 4.78 is 6.16. The molecule has 4 bridgehead atoms. The molecule has 140 valence electrons. The molecule has 4 aliphatic rings. The lowest BCUT2D eigenvalue weighted by Gasteiger charge is -2.69. The van der Waals surface area contributed by atoms with Crippen molar-refractivity contribution in [3.8, 4) is 0 Å². The predicted molar refractivity (Wildman–Crippen MR) is 111 cm³/mol. The average Bonchev–Trinajstić information content (AvgIpc) is 2.99. The van der Waals surface area contributed by atoms with Gasteiger partial charge in [-0.2, -0.15) is 0 Å². The molecular formula is C25H29NO. The van der Waals surface area contributed by atoms with Crippen LogP contribution in [0, 0.1) is 18.8 Å². The summed E-state index contributed by atoms with van der Waals surface area (Å²) in [6.45, 7) is 11.1. The zero-order chi connectivity index (χ0) is 18.6. The molecule has 2 aromatic carbocycles. The molecule has 0 amide bonds. The quantitative estimate of drug-likeness (QED) is 0.526. The van der Waals surface area contributed by atoms with Crippen LogP contribution in [-0.4, -0.2) is 23.0 Å². The second kappa shape index (κ2) is 4.97. The smallest absolute Gasteiger partial charge is 0.135 e. The minimum Gasteiger partial charge on any atom is -0.456 e. The fourth-order valence-corrected chi connectivity index (χ4v) is 7.18. The van der Waals surface area contributed by atoms with Crippen LogP contribution in [0.3, 0.4) is 0 Å². The van der Waals surface area contributed by atoms with Crippen LogP contribution < -0.4 is 0 Å². The van der Waals surface area contributed by atoms with Gasteiger partial charge in [0, 0.05) is 34.3 Å². The van der Waals surface area contributed by atoms with Gasteiger partial charge in [-0.25, -0.2) is 0 Å². The second-order valence-corrected chi connectivity index (χ2v) is 10.1. The molecule has 3 aliphatic heterocycles. The second-order valence-electron chi connectivity index (χ2n) is 10.1. The molecule has 7 rings (SSSR count). The third kappa shape index (κ3) is 1.90. The number of para-hydroxylation sites is 1. The van der Waals surface area contributed by atoms with Gasteiger partial charge in [-0.1, -0.05) is 18.2 Å². The summed E-state index contributed by atoms with van der Waals surface area (Å²) in [6.07, 6.45) is 4.13. The molecule has 1 aliphatic carbocycles. The molecule has 1 aromatic heterocycles. The van der Waals surface area contributed by atoms with E-state index < -0.39 is 0 Å². The van der Waals surface area contributed by atoms with Gasteiger partial charge in [0.15, 0.2) is 0 Å². The molecule has 3 saturated heterocycles. The Morgan fingerprint density at radius 2 is 1.85 bits per heavy atom. The Kier molecular flexibility index (Phi) is 2.98. The van der Waals surface area contributed by atoms with E-state index in [0.29, 0.717) is 17.0 Å². The van der Waals surface area contributed by atoms with E-state index in [1.54, 1.807) is 5.56 Å². The van der Waals surface area contributed by atoms with Crippen LogP contribution in [0.1, 0.15) is 51.2 Å². The lowest BCUT2D eigenvalue weighted by molar-refractivity contribution is -0.157. The monoisotopic (exact) mass is 359 g/mol. The van der Waals surface area contributed by atoms with E-state index in [2.05, 4.69) is 69.0 Å². The van der Waals surface area contributed by atoms with Crippen LogP contribution in [0.2, 0.25) is 0 Å². The summed E-state index contributed by atoms with van der Waals surface area (Å²) in [7, 11) is 0. The molecule has 1 saturated carbocycles. The number of benzene rings is 2. The average molecular weight is 360 g/mol. The van der Waals surface area contributed by atoms with E-state index in [1.807, 2.05) is 0 Å². The molecule has 2 nitrogen and oxygen atoms in total. The van der Waals surface area contributed by atoms with Gasteiger partial charge >= 0.3 is 0 Å². The number of furan rings is 1. The van der Waals surface area contributed by atoms with Crippen molar-refractivity contribution in [1.82, 2.24) is 4.90 Å². The maximum absolute atomic E-state index is 6.16. The maximum Gasteiger partial charge on any atom is 0.135 e. The maximum atomic E-state index is 6.16. The zero-order valence-electron chi connectivity index (χ0n) is 16.9. The number of piperidine rings is 3. The van der Waals surface area contributed by atoms with Gasteiger partial charge in [-0.3, -0.25) is 4.90 Å². The number of aryl methyl sites for hydroxylation is 1. The Morgan fingerprint density at radius 1 is 1.04 bits per heavy atom. The third-order valence-electron chi connectivity index (χ3n) is 8.60. The van der Waals surface area contributed by atoms with Gasteiger partial charge in [0.2, 0.25) is 0 Å². The molecule has 4 fully saturated rings. The van der Waals surface area contributed by atoms with Gasteiger partial charge in [0.05, 0.1) is 0 Å². The first kappa shape index (κ1) is 16.2. The van der Waals surface area contributed by atoms with E-state index >= 15 is 0 Å². The molecule has 0 spiro atoms. The summed E-state index contributed by atoms with van der Waals surface area (Å²) in [6, 6.07) is 13.9. The van der Waals surface area contributed by atoms with Crippen LogP contribution in [-0.2, 0) is 5.41 Å². The summed E-state index contributed by atoms with van der Waals surface area (Å²) in [4.78, 5) is 2.84. The zero-order valence-corrected chi connectivity index (χ0v) is 16.9. The molecule has 0 radical (unpaired) electrons. The van der Waals surface area contributed by atoms with Crippen molar-refractivity contribution in [2.45, 2.75) is 64.0 Å². The first-order valence-corrected chi connectivity index (χ1v) is 10.6. The largest absolute Gasteiger partial charge is 0.456 e. The highest BCUT2D eigenvalue weighted by atomic mass is 16.3. The molecule has 4 heterocycles. The van der Waals surface area contributed by atoms with E-state index in [-0.39, 0.29) is 0 Å². The Balaban J connectivity index is 1.59. The number of fused-ring (bicyclic) bond motifs is 3. The highest BCUT2D eigenvalue weighted by Gasteiger charge is 2.61. The van der Waals surface area contributed by atoms with Gasteiger partial charge in [0.25, 0.3) is 0 Å². The Labute approximate surface area is 161 Å². The molecule has 3 aromatic rings. The van der Waals surface area contributed by atoms with Gasteiger partial charge in [0.1, 0.15) is 11.2 Å². The predicted octanol–water partition coefficient (Wildman–Crippen LogP) is 6.04.